The summed E-state index contributed by atoms with van der Waals surface area (Å²) in [5, 5.41) is 12.1. The summed E-state index contributed by atoms with van der Waals surface area (Å²) in [6, 6.07) is 6.11. The van der Waals surface area contributed by atoms with Crippen molar-refractivity contribution in [1.82, 2.24) is 0 Å². The molecule has 1 aliphatic heterocycles. The molecular weight excluding hydrogens is 328 g/mol. The van der Waals surface area contributed by atoms with Crippen molar-refractivity contribution in [3.05, 3.63) is 29.3 Å². The fraction of sp³-hybridized carbons (Fsp3) is 0.727. The van der Waals surface area contributed by atoms with E-state index in [-0.39, 0.29) is 5.92 Å². The van der Waals surface area contributed by atoms with Gasteiger partial charge in [0, 0.05) is 17.9 Å². The Labute approximate surface area is 156 Å². The minimum absolute atomic E-state index is 0.0603. The molecule has 0 aromatic heterocycles. The van der Waals surface area contributed by atoms with Gasteiger partial charge >= 0.3 is 0 Å². The maximum absolute atomic E-state index is 12.1. The molecule has 1 aromatic carbocycles. The van der Waals surface area contributed by atoms with Gasteiger partial charge < -0.3 is 19.3 Å². The van der Waals surface area contributed by atoms with Gasteiger partial charge in [-0.1, -0.05) is 50.7 Å². The zero-order valence-corrected chi connectivity index (χ0v) is 16.0. The van der Waals surface area contributed by atoms with E-state index in [4.69, 9.17) is 14.2 Å². The fourth-order valence-corrected chi connectivity index (χ4v) is 5.28. The van der Waals surface area contributed by atoms with Crippen molar-refractivity contribution in [2.75, 3.05) is 20.3 Å². The molecule has 1 N–H and O–H groups in total. The van der Waals surface area contributed by atoms with Crippen molar-refractivity contribution in [3.8, 4) is 5.75 Å². The molecule has 144 valence electrons. The molecule has 1 heterocycles. The zero-order chi connectivity index (χ0) is 18.0. The Morgan fingerprint density at radius 1 is 0.962 bits per heavy atom. The Hall–Kier alpha value is -1.10. The second kappa shape index (κ2) is 7.49. The lowest BCUT2D eigenvalue weighted by Crippen LogP contribution is -2.64. The summed E-state index contributed by atoms with van der Waals surface area (Å²) in [5.74, 6) is -0.118. The van der Waals surface area contributed by atoms with Crippen LogP contribution in [-0.2, 0) is 15.1 Å². The van der Waals surface area contributed by atoms with Gasteiger partial charge in [0.1, 0.15) is 5.75 Å². The molecule has 1 spiro atoms. The third-order valence-electron chi connectivity index (χ3n) is 6.58. The lowest BCUT2D eigenvalue weighted by molar-refractivity contribution is -0.364. The molecule has 0 bridgehead atoms. The minimum atomic E-state index is -1.12. The van der Waals surface area contributed by atoms with Crippen LogP contribution in [0.1, 0.15) is 81.3 Å². The Balaban J connectivity index is 1.77. The van der Waals surface area contributed by atoms with Crippen LogP contribution in [0, 0.1) is 0 Å². The molecule has 4 rings (SSSR count). The van der Waals surface area contributed by atoms with Crippen LogP contribution in [0.3, 0.4) is 0 Å². The van der Waals surface area contributed by atoms with Crippen LogP contribution in [0.15, 0.2) is 18.2 Å². The predicted octanol–water partition coefficient (Wildman–Crippen LogP) is 4.64. The Kier molecular flexibility index (Phi) is 5.27. The van der Waals surface area contributed by atoms with E-state index in [1.807, 2.05) is 12.1 Å². The first kappa shape index (κ1) is 18.3. The van der Waals surface area contributed by atoms with Crippen LogP contribution in [0.2, 0.25) is 0 Å². The normalized spacial score (nSPS) is 31.7. The summed E-state index contributed by atoms with van der Waals surface area (Å²) < 4.78 is 18.2. The van der Waals surface area contributed by atoms with Gasteiger partial charge in [0.05, 0.1) is 20.3 Å². The summed E-state index contributed by atoms with van der Waals surface area (Å²) >= 11 is 0. The Morgan fingerprint density at radius 2 is 1.65 bits per heavy atom. The minimum Gasteiger partial charge on any atom is -0.496 e. The molecular formula is C22H32O4. The first-order chi connectivity index (χ1) is 12.7. The number of hydrogen-bond donors (Lipinski definition) is 1. The summed E-state index contributed by atoms with van der Waals surface area (Å²) in [6.45, 7) is 1.30. The highest BCUT2D eigenvalue weighted by molar-refractivity contribution is 5.57. The largest absolute Gasteiger partial charge is 0.496 e. The number of benzene rings is 1. The molecule has 4 nitrogen and oxygen atoms in total. The van der Waals surface area contributed by atoms with E-state index in [2.05, 4.69) is 6.07 Å². The standard InChI is InChI=1S/C22H32O4/c1-24-19-13-9-11-17-18-12-7-5-3-2-4-6-8-14-21(22(18,23)20(17)19)25-15-10-16-26-21/h9,11,13,18,23H,2-8,10,12,14-16H2,1H3/t18-,22+/m0/s1. The van der Waals surface area contributed by atoms with Crippen LogP contribution in [0.4, 0.5) is 0 Å². The van der Waals surface area contributed by atoms with Crippen molar-refractivity contribution >= 4 is 0 Å². The number of aliphatic hydroxyl groups is 1. The molecule has 1 saturated heterocycles. The zero-order valence-electron chi connectivity index (χ0n) is 16.0. The van der Waals surface area contributed by atoms with Crippen LogP contribution >= 0.6 is 0 Å². The quantitative estimate of drug-likeness (QED) is 0.793. The second-order valence-electron chi connectivity index (χ2n) is 8.06. The highest BCUT2D eigenvalue weighted by Gasteiger charge is 2.66. The first-order valence-corrected chi connectivity index (χ1v) is 10.4. The Bertz CT molecular complexity index is 623. The molecule has 26 heavy (non-hydrogen) atoms. The van der Waals surface area contributed by atoms with Gasteiger partial charge in [-0.25, -0.2) is 0 Å². The number of fused-ring (bicyclic) bond motifs is 5. The monoisotopic (exact) mass is 360 g/mol. The van der Waals surface area contributed by atoms with Crippen LogP contribution in [-0.4, -0.2) is 31.2 Å². The van der Waals surface area contributed by atoms with Crippen LogP contribution in [0.25, 0.3) is 0 Å². The lowest BCUT2D eigenvalue weighted by Gasteiger charge is -2.58. The van der Waals surface area contributed by atoms with Gasteiger partial charge in [-0.15, -0.1) is 0 Å². The molecule has 0 unspecified atom stereocenters. The van der Waals surface area contributed by atoms with Crippen molar-refractivity contribution in [1.29, 1.82) is 0 Å². The molecule has 1 aromatic rings. The third-order valence-corrected chi connectivity index (χ3v) is 6.58. The van der Waals surface area contributed by atoms with E-state index in [0.29, 0.717) is 13.2 Å². The van der Waals surface area contributed by atoms with E-state index in [1.165, 1.54) is 37.7 Å². The summed E-state index contributed by atoms with van der Waals surface area (Å²) in [6.07, 6.45) is 11.1. The topological polar surface area (TPSA) is 47.9 Å². The maximum Gasteiger partial charge on any atom is 0.202 e. The van der Waals surface area contributed by atoms with Crippen molar-refractivity contribution < 1.29 is 19.3 Å². The highest BCUT2D eigenvalue weighted by Crippen LogP contribution is 2.63. The predicted molar refractivity (Wildman–Crippen MR) is 100 cm³/mol. The van der Waals surface area contributed by atoms with Crippen molar-refractivity contribution in [3.63, 3.8) is 0 Å². The van der Waals surface area contributed by atoms with Crippen molar-refractivity contribution in [2.24, 2.45) is 0 Å². The summed E-state index contributed by atoms with van der Waals surface area (Å²) in [7, 11) is 1.68. The molecule has 2 atom stereocenters. The molecule has 2 fully saturated rings. The molecule has 0 radical (unpaired) electrons. The summed E-state index contributed by atoms with van der Waals surface area (Å²) in [5.41, 5.74) is 0.988. The highest BCUT2D eigenvalue weighted by atomic mass is 16.7. The second-order valence-corrected chi connectivity index (χ2v) is 8.06. The molecule has 1 saturated carbocycles. The fourth-order valence-electron chi connectivity index (χ4n) is 5.28. The van der Waals surface area contributed by atoms with Gasteiger partial charge in [-0.2, -0.15) is 0 Å². The number of ether oxygens (including phenoxy) is 3. The smallest absolute Gasteiger partial charge is 0.202 e. The van der Waals surface area contributed by atoms with E-state index in [1.54, 1.807) is 7.11 Å². The van der Waals surface area contributed by atoms with Gasteiger partial charge in [0.25, 0.3) is 0 Å². The first-order valence-electron chi connectivity index (χ1n) is 10.4. The molecule has 3 aliphatic rings. The number of hydrogen-bond acceptors (Lipinski definition) is 4. The average molecular weight is 360 g/mol. The van der Waals surface area contributed by atoms with Crippen LogP contribution in [0.5, 0.6) is 5.75 Å². The van der Waals surface area contributed by atoms with E-state index >= 15 is 0 Å². The summed E-state index contributed by atoms with van der Waals surface area (Å²) in [4.78, 5) is 0. The molecule has 0 amide bonds. The molecule has 4 heteroatoms. The van der Waals surface area contributed by atoms with Gasteiger partial charge in [-0.3, -0.25) is 0 Å². The third kappa shape index (κ3) is 2.78. The SMILES string of the molecule is COc1cccc2c1[C@]1(O)[C@H]2CCCCCCCCCC12OCCCO2. The maximum atomic E-state index is 12.1. The van der Waals surface area contributed by atoms with Gasteiger partial charge in [-0.05, 0) is 30.9 Å². The molecule has 2 aliphatic carbocycles. The van der Waals surface area contributed by atoms with Gasteiger partial charge in [0.15, 0.2) is 5.60 Å². The lowest BCUT2D eigenvalue weighted by atomic mass is 9.57. The average Bonchev–Trinajstić information content (AvgIpc) is 2.68. The number of methoxy groups -OCH3 is 1. The van der Waals surface area contributed by atoms with E-state index < -0.39 is 11.4 Å². The van der Waals surface area contributed by atoms with E-state index in [0.717, 1.165) is 43.4 Å². The Morgan fingerprint density at radius 3 is 2.38 bits per heavy atom. The number of rotatable bonds is 1. The van der Waals surface area contributed by atoms with Gasteiger partial charge in [0.2, 0.25) is 5.79 Å². The van der Waals surface area contributed by atoms with Crippen molar-refractivity contribution in [2.45, 2.75) is 81.5 Å². The van der Waals surface area contributed by atoms with Crippen LogP contribution < -0.4 is 4.74 Å². The van der Waals surface area contributed by atoms with E-state index in [9.17, 15) is 5.11 Å².